The van der Waals surface area contributed by atoms with E-state index in [0.717, 1.165) is 0 Å². The summed E-state index contributed by atoms with van der Waals surface area (Å²) in [6.45, 7) is 0. The Kier molecular flexibility index (Phi) is 3.77. The van der Waals surface area contributed by atoms with Crippen LogP contribution in [0.15, 0.2) is 23.4 Å². The molecule has 1 rings (SSSR count). The van der Waals surface area contributed by atoms with Crippen molar-refractivity contribution in [2.75, 3.05) is 7.11 Å². The van der Waals surface area contributed by atoms with E-state index in [9.17, 15) is 0 Å². The summed E-state index contributed by atoms with van der Waals surface area (Å²) in [6, 6.07) is 6.95. The fourth-order valence-electron chi connectivity index (χ4n) is 0.981. The highest BCUT2D eigenvalue weighted by atomic mass is 35.5. The number of halogens is 1. The van der Waals surface area contributed by atoms with Crippen LogP contribution >= 0.6 is 11.9 Å². The van der Waals surface area contributed by atoms with Gasteiger partial charge in [0.1, 0.15) is 5.75 Å². The van der Waals surface area contributed by atoms with Crippen molar-refractivity contribution >= 4 is 18.1 Å². The maximum atomic E-state index is 8.66. The molecule has 0 aliphatic rings. The van der Waals surface area contributed by atoms with E-state index in [1.807, 2.05) is 6.07 Å². The van der Waals surface area contributed by atoms with Gasteiger partial charge in [0.2, 0.25) is 0 Å². The monoisotopic (exact) mass is 210 g/mol. The van der Waals surface area contributed by atoms with Gasteiger partial charge in [-0.2, -0.15) is 5.26 Å². The van der Waals surface area contributed by atoms with Crippen LogP contribution in [-0.4, -0.2) is 13.3 Å². The lowest BCUT2D eigenvalue weighted by molar-refractivity contribution is 0.382. The van der Waals surface area contributed by atoms with Crippen molar-refractivity contribution in [1.29, 1.82) is 5.26 Å². The molecule has 0 N–H and O–H groups in total. The molecule has 14 heavy (non-hydrogen) atoms. The first kappa shape index (κ1) is 10.4. The van der Waals surface area contributed by atoms with Gasteiger partial charge < -0.3 is 4.74 Å². The number of ether oxygens (including phenoxy) is 1. The quantitative estimate of drug-likeness (QED) is 0.567. The van der Waals surface area contributed by atoms with E-state index in [1.165, 1.54) is 13.3 Å². The molecule has 0 atom stereocenters. The molecule has 0 aliphatic carbocycles. The average Bonchev–Trinajstić information content (AvgIpc) is 2.25. The largest absolute Gasteiger partial charge is 0.496 e. The molecule has 1 aromatic carbocycles. The van der Waals surface area contributed by atoms with Crippen molar-refractivity contribution in [3.8, 4) is 11.8 Å². The lowest BCUT2D eigenvalue weighted by atomic mass is 10.1. The van der Waals surface area contributed by atoms with Gasteiger partial charge in [0.25, 0.3) is 0 Å². The van der Waals surface area contributed by atoms with Gasteiger partial charge in [0.05, 0.1) is 25.0 Å². The van der Waals surface area contributed by atoms with Crippen molar-refractivity contribution < 1.29 is 9.13 Å². The van der Waals surface area contributed by atoms with E-state index in [-0.39, 0.29) is 0 Å². The number of rotatable bonds is 3. The Morgan fingerprint density at radius 3 is 2.93 bits per heavy atom. The molecule has 0 heterocycles. The van der Waals surface area contributed by atoms with Crippen LogP contribution < -0.4 is 4.74 Å². The van der Waals surface area contributed by atoms with Crippen LogP contribution in [0.5, 0.6) is 5.75 Å². The number of nitrogens with zero attached hydrogens (tertiary/aromatic N) is 2. The van der Waals surface area contributed by atoms with Crippen LogP contribution in [0, 0.1) is 11.3 Å². The Balaban J connectivity index is 3.10. The highest BCUT2D eigenvalue weighted by Gasteiger charge is 2.01. The van der Waals surface area contributed by atoms with Crippen LogP contribution in [0.25, 0.3) is 0 Å². The molecule has 4 nitrogen and oxygen atoms in total. The fraction of sp³-hybridized carbons (Fsp3) is 0.111. The van der Waals surface area contributed by atoms with E-state index >= 15 is 0 Å². The van der Waals surface area contributed by atoms with Crippen LogP contribution in [0.2, 0.25) is 0 Å². The smallest absolute Gasteiger partial charge is 0.167 e. The lowest BCUT2D eigenvalue weighted by Crippen LogP contribution is -1.91. The van der Waals surface area contributed by atoms with E-state index < -0.39 is 0 Å². The second-order valence-electron chi connectivity index (χ2n) is 2.37. The molecule has 0 saturated heterocycles. The third-order valence-corrected chi connectivity index (χ3v) is 1.67. The van der Waals surface area contributed by atoms with E-state index in [1.54, 1.807) is 18.2 Å². The highest BCUT2D eigenvalue weighted by molar-refractivity contribution is 6.07. The fourth-order valence-corrected chi connectivity index (χ4v) is 1.02. The number of hydrogen-bond donors (Lipinski definition) is 0. The van der Waals surface area contributed by atoms with E-state index in [2.05, 4.69) is 9.55 Å². The Morgan fingerprint density at radius 1 is 1.57 bits per heavy atom. The SMILES string of the molecule is COc1ccc(C#N)cc1C=NOCl. The molecular weight excluding hydrogens is 204 g/mol. The highest BCUT2D eigenvalue weighted by Crippen LogP contribution is 2.17. The Hall–Kier alpha value is -1.73. The number of nitriles is 1. The molecule has 72 valence electrons. The first-order valence-corrected chi connectivity index (χ1v) is 4.02. The molecule has 0 spiro atoms. The topological polar surface area (TPSA) is 54.6 Å². The molecule has 0 amide bonds. The number of benzene rings is 1. The molecule has 0 unspecified atom stereocenters. The Labute approximate surface area is 86.5 Å². The Bertz CT molecular complexity index is 385. The van der Waals surface area contributed by atoms with Gasteiger partial charge in [0, 0.05) is 5.56 Å². The molecule has 0 bridgehead atoms. The van der Waals surface area contributed by atoms with Gasteiger partial charge >= 0.3 is 0 Å². The summed E-state index contributed by atoms with van der Waals surface area (Å²) in [5.41, 5.74) is 1.15. The van der Waals surface area contributed by atoms with Gasteiger partial charge in [-0.15, -0.1) is 0 Å². The predicted octanol–water partition coefficient (Wildman–Crippen LogP) is 2.07. The molecular formula is C9H7ClN2O2. The van der Waals surface area contributed by atoms with Crippen molar-refractivity contribution in [2.45, 2.75) is 0 Å². The molecule has 0 aliphatic heterocycles. The number of hydrogen-bond acceptors (Lipinski definition) is 4. The Morgan fingerprint density at radius 2 is 2.36 bits per heavy atom. The van der Waals surface area contributed by atoms with Gasteiger partial charge in [-0.3, -0.25) is 4.39 Å². The summed E-state index contributed by atoms with van der Waals surface area (Å²) in [5.74, 6) is 0.599. The normalized spacial score (nSPS) is 9.79. The molecule has 1 aromatic rings. The second-order valence-corrected chi connectivity index (χ2v) is 2.51. The molecule has 0 radical (unpaired) electrons. The summed E-state index contributed by atoms with van der Waals surface area (Å²) >= 11 is 4.92. The first-order valence-electron chi connectivity index (χ1n) is 3.71. The summed E-state index contributed by atoms with van der Waals surface area (Å²) < 4.78 is 9.06. The summed E-state index contributed by atoms with van der Waals surface area (Å²) in [4.78, 5) is 0. The third kappa shape index (κ3) is 2.38. The van der Waals surface area contributed by atoms with Crippen molar-refractivity contribution in [1.82, 2.24) is 0 Å². The molecule has 5 heteroatoms. The molecule has 0 fully saturated rings. The van der Waals surface area contributed by atoms with Crippen molar-refractivity contribution in [2.24, 2.45) is 5.16 Å². The van der Waals surface area contributed by atoms with Crippen LogP contribution in [0.4, 0.5) is 0 Å². The van der Waals surface area contributed by atoms with E-state index in [0.29, 0.717) is 16.9 Å². The minimum Gasteiger partial charge on any atom is -0.496 e. The first-order chi connectivity index (χ1) is 6.81. The van der Waals surface area contributed by atoms with Crippen LogP contribution in [-0.2, 0) is 4.39 Å². The number of methoxy groups -OCH3 is 1. The van der Waals surface area contributed by atoms with Gasteiger partial charge in [-0.1, -0.05) is 5.16 Å². The van der Waals surface area contributed by atoms with Gasteiger partial charge in [-0.05, 0) is 18.2 Å². The lowest BCUT2D eigenvalue weighted by Gasteiger charge is -2.03. The average molecular weight is 211 g/mol. The summed E-state index contributed by atoms with van der Waals surface area (Å²) in [5, 5.41) is 12.0. The van der Waals surface area contributed by atoms with E-state index in [4.69, 9.17) is 21.9 Å². The zero-order chi connectivity index (χ0) is 10.4. The van der Waals surface area contributed by atoms with Crippen LogP contribution in [0.1, 0.15) is 11.1 Å². The minimum absolute atomic E-state index is 0.516. The zero-order valence-electron chi connectivity index (χ0n) is 7.40. The summed E-state index contributed by atoms with van der Waals surface area (Å²) in [6.07, 6.45) is 1.37. The summed E-state index contributed by atoms with van der Waals surface area (Å²) in [7, 11) is 1.53. The van der Waals surface area contributed by atoms with Gasteiger partial charge in [-0.25, -0.2) is 0 Å². The zero-order valence-corrected chi connectivity index (χ0v) is 8.15. The number of oxime groups is 1. The predicted molar refractivity (Wildman–Crippen MR) is 52.2 cm³/mol. The third-order valence-electron chi connectivity index (χ3n) is 1.59. The standard InChI is InChI=1S/C9H7ClN2O2/c1-13-9-3-2-7(5-11)4-8(9)6-12-14-10/h2-4,6H,1H3. The second kappa shape index (κ2) is 5.10. The van der Waals surface area contributed by atoms with Crippen LogP contribution in [0.3, 0.4) is 0 Å². The maximum absolute atomic E-state index is 8.66. The molecule has 0 saturated carbocycles. The van der Waals surface area contributed by atoms with Gasteiger partial charge in [0.15, 0.2) is 11.9 Å². The molecule has 0 aromatic heterocycles. The minimum atomic E-state index is 0.516. The van der Waals surface area contributed by atoms with Crippen molar-refractivity contribution in [3.05, 3.63) is 29.3 Å². The maximum Gasteiger partial charge on any atom is 0.167 e. The van der Waals surface area contributed by atoms with Crippen molar-refractivity contribution in [3.63, 3.8) is 0 Å².